The monoisotopic (exact) mass is 337 g/mol. The number of rotatable bonds is 3. The second-order valence-electron chi connectivity index (χ2n) is 6.08. The molecule has 4 rings (SSSR count). The third kappa shape index (κ3) is 3.29. The van der Waals surface area contributed by atoms with E-state index in [4.69, 9.17) is 0 Å². The van der Waals surface area contributed by atoms with E-state index >= 15 is 0 Å². The molecule has 1 aliphatic rings. The first kappa shape index (κ1) is 15.5. The predicted molar refractivity (Wildman–Crippen MR) is 94.9 cm³/mol. The molecular formula is C17H19N7O. The fraction of sp³-hybridized carbons (Fsp3) is 0.294. The quantitative estimate of drug-likeness (QED) is 0.772. The number of carbonyl (C=O) groups excluding carboxylic acids is 1. The molecule has 1 N–H and O–H groups in total. The standard InChI is InChI=1S/C17H19N7O/c1-22-8-10-23(11-9-22)13-5-6-15-19-17(21-24(15)12-13)20-16(25)14-4-2-3-7-18-14/h2-7,12H,8-11H2,1H3,(H,20,21,25). The summed E-state index contributed by atoms with van der Waals surface area (Å²) in [6, 6.07) is 9.13. The van der Waals surface area contributed by atoms with E-state index in [1.54, 1.807) is 28.9 Å². The van der Waals surface area contributed by atoms with Crippen LogP contribution in [-0.4, -0.2) is 63.6 Å². The number of piperazine rings is 1. The smallest absolute Gasteiger partial charge is 0.276 e. The second-order valence-corrected chi connectivity index (χ2v) is 6.08. The molecule has 1 fully saturated rings. The van der Waals surface area contributed by atoms with Crippen molar-refractivity contribution in [1.29, 1.82) is 0 Å². The topological polar surface area (TPSA) is 78.7 Å². The highest BCUT2D eigenvalue weighted by molar-refractivity contribution is 6.01. The number of hydrogen-bond donors (Lipinski definition) is 1. The summed E-state index contributed by atoms with van der Waals surface area (Å²) < 4.78 is 1.70. The maximum absolute atomic E-state index is 12.2. The molecule has 0 spiro atoms. The lowest BCUT2D eigenvalue weighted by Gasteiger charge is -2.33. The zero-order valence-electron chi connectivity index (χ0n) is 14.0. The van der Waals surface area contributed by atoms with Crippen molar-refractivity contribution in [1.82, 2.24) is 24.5 Å². The Balaban J connectivity index is 1.53. The molecule has 0 unspecified atom stereocenters. The molecule has 4 heterocycles. The van der Waals surface area contributed by atoms with Gasteiger partial charge < -0.3 is 9.80 Å². The second kappa shape index (κ2) is 6.48. The van der Waals surface area contributed by atoms with Crippen LogP contribution in [0.3, 0.4) is 0 Å². The van der Waals surface area contributed by atoms with Crippen LogP contribution in [0.5, 0.6) is 0 Å². The third-order valence-corrected chi connectivity index (χ3v) is 4.31. The highest BCUT2D eigenvalue weighted by Gasteiger charge is 2.16. The Morgan fingerprint density at radius 3 is 2.72 bits per heavy atom. The summed E-state index contributed by atoms with van der Waals surface area (Å²) in [5.41, 5.74) is 2.13. The first-order valence-corrected chi connectivity index (χ1v) is 8.21. The molecule has 1 saturated heterocycles. The van der Waals surface area contributed by atoms with Gasteiger partial charge in [-0.05, 0) is 31.3 Å². The van der Waals surface area contributed by atoms with E-state index in [1.807, 2.05) is 18.3 Å². The molecule has 3 aromatic heterocycles. The first-order valence-electron chi connectivity index (χ1n) is 8.21. The average molecular weight is 337 g/mol. The van der Waals surface area contributed by atoms with Crippen LogP contribution in [0.25, 0.3) is 5.65 Å². The van der Waals surface area contributed by atoms with Crippen LogP contribution in [0, 0.1) is 0 Å². The summed E-state index contributed by atoms with van der Waals surface area (Å²) in [5.74, 6) is -0.0537. The van der Waals surface area contributed by atoms with Gasteiger partial charge in [-0.1, -0.05) is 6.07 Å². The lowest BCUT2D eigenvalue weighted by Crippen LogP contribution is -2.44. The number of aromatic nitrogens is 4. The van der Waals surface area contributed by atoms with Crippen molar-refractivity contribution in [2.45, 2.75) is 0 Å². The molecule has 1 aliphatic heterocycles. The van der Waals surface area contributed by atoms with E-state index < -0.39 is 0 Å². The van der Waals surface area contributed by atoms with Crippen LogP contribution in [0.15, 0.2) is 42.7 Å². The van der Waals surface area contributed by atoms with Gasteiger partial charge in [0.2, 0.25) is 5.95 Å². The average Bonchev–Trinajstić information content (AvgIpc) is 3.04. The van der Waals surface area contributed by atoms with Gasteiger partial charge in [0.05, 0.1) is 11.9 Å². The van der Waals surface area contributed by atoms with Crippen LogP contribution in [0.4, 0.5) is 11.6 Å². The predicted octanol–water partition coefficient (Wildman–Crippen LogP) is 1.13. The van der Waals surface area contributed by atoms with Crippen molar-refractivity contribution < 1.29 is 4.79 Å². The molecule has 128 valence electrons. The molecule has 0 bridgehead atoms. The maximum atomic E-state index is 12.2. The number of nitrogens with zero attached hydrogens (tertiary/aromatic N) is 6. The van der Waals surface area contributed by atoms with Crippen molar-refractivity contribution >= 4 is 23.2 Å². The minimum absolute atomic E-state index is 0.270. The number of hydrogen-bond acceptors (Lipinski definition) is 6. The Labute approximate surface area is 145 Å². The van der Waals surface area contributed by atoms with E-state index in [2.05, 4.69) is 37.2 Å². The lowest BCUT2D eigenvalue weighted by atomic mass is 10.3. The molecule has 8 nitrogen and oxygen atoms in total. The van der Waals surface area contributed by atoms with Crippen molar-refractivity contribution in [3.05, 3.63) is 48.4 Å². The zero-order chi connectivity index (χ0) is 17.2. The summed E-state index contributed by atoms with van der Waals surface area (Å²) in [6.45, 7) is 4.06. The van der Waals surface area contributed by atoms with E-state index in [0.717, 1.165) is 31.9 Å². The van der Waals surface area contributed by atoms with E-state index in [1.165, 1.54) is 0 Å². The molecule has 0 atom stereocenters. The molecule has 0 radical (unpaired) electrons. The van der Waals surface area contributed by atoms with Crippen molar-refractivity contribution in [2.75, 3.05) is 43.4 Å². The highest BCUT2D eigenvalue weighted by Crippen LogP contribution is 2.17. The number of carbonyl (C=O) groups is 1. The first-order chi connectivity index (χ1) is 12.2. The van der Waals surface area contributed by atoms with E-state index in [-0.39, 0.29) is 11.9 Å². The molecule has 8 heteroatoms. The summed E-state index contributed by atoms with van der Waals surface area (Å²) >= 11 is 0. The fourth-order valence-corrected chi connectivity index (χ4v) is 2.84. The Morgan fingerprint density at radius 2 is 1.96 bits per heavy atom. The summed E-state index contributed by atoms with van der Waals surface area (Å²) in [7, 11) is 2.13. The Kier molecular flexibility index (Phi) is 4.02. The summed E-state index contributed by atoms with van der Waals surface area (Å²) in [4.78, 5) is 25.2. The van der Waals surface area contributed by atoms with Gasteiger partial charge in [0.15, 0.2) is 5.65 Å². The minimum Gasteiger partial charge on any atom is -0.368 e. The zero-order valence-corrected chi connectivity index (χ0v) is 14.0. The molecule has 0 aliphatic carbocycles. The number of fused-ring (bicyclic) bond motifs is 1. The summed E-state index contributed by atoms with van der Waals surface area (Å²) in [5, 5.41) is 7.05. The highest BCUT2D eigenvalue weighted by atomic mass is 16.2. The Morgan fingerprint density at radius 1 is 1.12 bits per heavy atom. The number of nitrogens with one attached hydrogen (secondary N) is 1. The van der Waals surface area contributed by atoms with Gasteiger partial charge in [-0.3, -0.25) is 15.1 Å². The number of anilines is 2. The maximum Gasteiger partial charge on any atom is 0.276 e. The van der Waals surface area contributed by atoms with Crippen LogP contribution >= 0.6 is 0 Å². The van der Waals surface area contributed by atoms with Gasteiger partial charge in [0, 0.05) is 32.4 Å². The van der Waals surface area contributed by atoms with Gasteiger partial charge in [-0.25, -0.2) is 4.52 Å². The summed E-state index contributed by atoms with van der Waals surface area (Å²) in [6.07, 6.45) is 3.53. The van der Waals surface area contributed by atoms with Crippen LogP contribution < -0.4 is 10.2 Å². The van der Waals surface area contributed by atoms with Crippen molar-refractivity contribution in [2.24, 2.45) is 0 Å². The van der Waals surface area contributed by atoms with Crippen molar-refractivity contribution in [3.63, 3.8) is 0 Å². The van der Waals surface area contributed by atoms with E-state index in [9.17, 15) is 4.79 Å². The van der Waals surface area contributed by atoms with Crippen LogP contribution in [0.1, 0.15) is 10.5 Å². The molecule has 0 aromatic carbocycles. The van der Waals surface area contributed by atoms with Gasteiger partial charge in [0.25, 0.3) is 5.91 Å². The van der Waals surface area contributed by atoms with Gasteiger partial charge in [-0.2, -0.15) is 4.98 Å². The Hall–Kier alpha value is -3.00. The van der Waals surface area contributed by atoms with Gasteiger partial charge >= 0.3 is 0 Å². The lowest BCUT2D eigenvalue weighted by molar-refractivity contribution is 0.102. The molecule has 0 saturated carbocycles. The fourth-order valence-electron chi connectivity index (χ4n) is 2.84. The minimum atomic E-state index is -0.323. The SMILES string of the molecule is CN1CCN(c2ccc3nc(NC(=O)c4ccccn4)nn3c2)CC1. The normalized spacial score (nSPS) is 15.5. The number of amides is 1. The van der Waals surface area contributed by atoms with E-state index in [0.29, 0.717) is 11.3 Å². The molecule has 1 amide bonds. The van der Waals surface area contributed by atoms with Crippen LogP contribution in [0.2, 0.25) is 0 Å². The van der Waals surface area contributed by atoms with Gasteiger partial charge in [0.1, 0.15) is 5.69 Å². The molecular weight excluding hydrogens is 318 g/mol. The number of pyridine rings is 2. The number of likely N-dealkylation sites (N-methyl/N-ethyl adjacent to an activating group) is 1. The van der Waals surface area contributed by atoms with Crippen molar-refractivity contribution in [3.8, 4) is 0 Å². The van der Waals surface area contributed by atoms with Gasteiger partial charge in [-0.15, -0.1) is 5.10 Å². The largest absolute Gasteiger partial charge is 0.368 e. The third-order valence-electron chi connectivity index (χ3n) is 4.31. The molecule has 25 heavy (non-hydrogen) atoms. The van der Waals surface area contributed by atoms with Crippen LogP contribution in [-0.2, 0) is 0 Å². The Bertz CT molecular complexity index is 884. The molecule has 3 aromatic rings.